The SMILES string of the molecule is CNc1ccnc(-c2ccc(C(=O)NCCCN3CCCC(O)C3)cc2)n1. The molecule has 3 rings (SSSR count). The van der Waals surface area contributed by atoms with Gasteiger partial charge in [0.05, 0.1) is 6.10 Å². The Bertz CT molecular complexity index is 750. The number of rotatable bonds is 7. The number of nitrogens with zero attached hydrogens (tertiary/aromatic N) is 3. The topological polar surface area (TPSA) is 90.4 Å². The minimum absolute atomic E-state index is 0.0786. The quantitative estimate of drug-likeness (QED) is 0.645. The van der Waals surface area contributed by atoms with Crippen LogP contribution in [-0.2, 0) is 0 Å². The molecule has 0 aliphatic carbocycles. The summed E-state index contributed by atoms with van der Waals surface area (Å²) in [5, 5.41) is 15.6. The van der Waals surface area contributed by atoms with Crippen molar-refractivity contribution in [3.63, 3.8) is 0 Å². The molecule has 0 bridgehead atoms. The van der Waals surface area contributed by atoms with Gasteiger partial charge in [-0.2, -0.15) is 0 Å². The third kappa shape index (κ3) is 5.48. The maximum atomic E-state index is 12.3. The molecule has 0 saturated carbocycles. The van der Waals surface area contributed by atoms with Gasteiger partial charge in [-0.3, -0.25) is 4.79 Å². The van der Waals surface area contributed by atoms with Gasteiger partial charge in [0.2, 0.25) is 0 Å². The number of nitrogens with one attached hydrogen (secondary N) is 2. The van der Waals surface area contributed by atoms with Gasteiger partial charge in [-0.25, -0.2) is 9.97 Å². The monoisotopic (exact) mass is 369 g/mol. The smallest absolute Gasteiger partial charge is 0.251 e. The van der Waals surface area contributed by atoms with Crippen LogP contribution in [0, 0.1) is 0 Å². The Morgan fingerprint density at radius 3 is 2.85 bits per heavy atom. The third-order valence-electron chi connectivity index (χ3n) is 4.73. The highest BCUT2D eigenvalue weighted by Gasteiger charge is 2.16. The predicted octanol–water partition coefficient (Wildman–Crippen LogP) is 1.76. The van der Waals surface area contributed by atoms with E-state index >= 15 is 0 Å². The Morgan fingerprint density at radius 1 is 1.30 bits per heavy atom. The average molecular weight is 369 g/mol. The van der Waals surface area contributed by atoms with E-state index in [0.29, 0.717) is 17.9 Å². The summed E-state index contributed by atoms with van der Waals surface area (Å²) >= 11 is 0. The lowest BCUT2D eigenvalue weighted by Gasteiger charge is -2.29. The van der Waals surface area contributed by atoms with Crippen molar-refractivity contribution in [2.24, 2.45) is 0 Å². The van der Waals surface area contributed by atoms with Crippen LogP contribution in [0.1, 0.15) is 29.6 Å². The maximum Gasteiger partial charge on any atom is 0.251 e. The lowest BCUT2D eigenvalue weighted by atomic mass is 10.1. The van der Waals surface area contributed by atoms with E-state index in [0.717, 1.165) is 50.3 Å². The number of hydrogen-bond donors (Lipinski definition) is 3. The summed E-state index contributed by atoms with van der Waals surface area (Å²) in [6, 6.07) is 9.11. The van der Waals surface area contributed by atoms with E-state index in [2.05, 4.69) is 25.5 Å². The summed E-state index contributed by atoms with van der Waals surface area (Å²) in [6.45, 7) is 3.30. The Kier molecular flexibility index (Phi) is 6.73. The molecule has 7 nitrogen and oxygen atoms in total. The summed E-state index contributed by atoms with van der Waals surface area (Å²) in [4.78, 5) is 23.2. The zero-order valence-electron chi connectivity index (χ0n) is 15.7. The number of carbonyl (C=O) groups excluding carboxylic acids is 1. The van der Waals surface area contributed by atoms with E-state index in [1.54, 1.807) is 24.4 Å². The van der Waals surface area contributed by atoms with Gasteiger partial charge in [0.25, 0.3) is 5.91 Å². The molecule has 1 fully saturated rings. The first-order valence-corrected chi connectivity index (χ1v) is 9.45. The van der Waals surface area contributed by atoms with Crippen molar-refractivity contribution in [3.8, 4) is 11.4 Å². The minimum atomic E-state index is -0.204. The predicted molar refractivity (Wildman–Crippen MR) is 106 cm³/mol. The molecule has 0 spiro atoms. The lowest BCUT2D eigenvalue weighted by Crippen LogP contribution is -2.39. The zero-order chi connectivity index (χ0) is 19.1. The first-order valence-electron chi connectivity index (χ1n) is 9.45. The van der Waals surface area contributed by atoms with Crippen molar-refractivity contribution in [3.05, 3.63) is 42.1 Å². The molecule has 1 saturated heterocycles. The van der Waals surface area contributed by atoms with Crippen LogP contribution in [0.25, 0.3) is 11.4 Å². The van der Waals surface area contributed by atoms with Gasteiger partial charge in [0, 0.05) is 37.5 Å². The highest BCUT2D eigenvalue weighted by atomic mass is 16.3. The Labute approximate surface area is 159 Å². The molecule has 1 atom stereocenters. The van der Waals surface area contributed by atoms with Crippen molar-refractivity contribution < 1.29 is 9.90 Å². The molecule has 1 aromatic carbocycles. The number of piperidine rings is 1. The van der Waals surface area contributed by atoms with Gasteiger partial charge < -0.3 is 20.6 Å². The number of amides is 1. The molecule has 1 amide bonds. The molecule has 2 aromatic rings. The Hall–Kier alpha value is -2.51. The largest absolute Gasteiger partial charge is 0.392 e. The van der Waals surface area contributed by atoms with Gasteiger partial charge in [0.1, 0.15) is 5.82 Å². The number of aliphatic hydroxyl groups is 1. The lowest BCUT2D eigenvalue weighted by molar-refractivity contribution is 0.0697. The Balaban J connectivity index is 1.47. The first-order chi connectivity index (χ1) is 13.2. The number of benzene rings is 1. The fourth-order valence-corrected chi connectivity index (χ4v) is 3.25. The molecular formula is C20H27N5O2. The van der Waals surface area contributed by atoms with E-state index in [4.69, 9.17) is 0 Å². The van der Waals surface area contributed by atoms with Crippen molar-refractivity contribution in [1.29, 1.82) is 0 Å². The van der Waals surface area contributed by atoms with Crippen LogP contribution in [-0.4, -0.2) is 65.2 Å². The first kappa shape index (κ1) is 19.3. The molecule has 3 N–H and O–H groups in total. The van der Waals surface area contributed by atoms with Crippen LogP contribution in [0.4, 0.5) is 5.82 Å². The number of aromatic nitrogens is 2. The summed E-state index contributed by atoms with van der Waals surface area (Å²) in [6.07, 6.45) is 4.32. The van der Waals surface area contributed by atoms with Gasteiger partial charge >= 0.3 is 0 Å². The summed E-state index contributed by atoms with van der Waals surface area (Å²) in [5.41, 5.74) is 1.49. The molecule has 144 valence electrons. The van der Waals surface area contributed by atoms with E-state index < -0.39 is 0 Å². The zero-order valence-corrected chi connectivity index (χ0v) is 15.7. The maximum absolute atomic E-state index is 12.3. The van der Waals surface area contributed by atoms with Crippen molar-refractivity contribution >= 4 is 11.7 Å². The Morgan fingerprint density at radius 2 is 2.11 bits per heavy atom. The molecule has 1 aromatic heterocycles. The average Bonchev–Trinajstić information content (AvgIpc) is 2.71. The van der Waals surface area contributed by atoms with Crippen molar-refractivity contribution in [2.45, 2.75) is 25.4 Å². The van der Waals surface area contributed by atoms with Crippen molar-refractivity contribution in [1.82, 2.24) is 20.2 Å². The summed E-state index contributed by atoms with van der Waals surface area (Å²) in [7, 11) is 1.81. The van der Waals surface area contributed by atoms with E-state index in [9.17, 15) is 9.90 Å². The summed E-state index contributed by atoms with van der Waals surface area (Å²) < 4.78 is 0. The second-order valence-electron chi connectivity index (χ2n) is 6.80. The van der Waals surface area contributed by atoms with Gasteiger partial charge in [-0.15, -0.1) is 0 Å². The van der Waals surface area contributed by atoms with E-state index in [1.807, 2.05) is 19.2 Å². The number of likely N-dealkylation sites (tertiary alicyclic amines) is 1. The molecule has 1 aliphatic heterocycles. The number of hydrogen-bond acceptors (Lipinski definition) is 6. The molecule has 27 heavy (non-hydrogen) atoms. The van der Waals surface area contributed by atoms with Crippen molar-refractivity contribution in [2.75, 3.05) is 38.5 Å². The van der Waals surface area contributed by atoms with Crippen LogP contribution >= 0.6 is 0 Å². The minimum Gasteiger partial charge on any atom is -0.392 e. The fourth-order valence-electron chi connectivity index (χ4n) is 3.25. The third-order valence-corrected chi connectivity index (χ3v) is 4.73. The van der Waals surface area contributed by atoms with Crippen LogP contribution < -0.4 is 10.6 Å². The van der Waals surface area contributed by atoms with Gasteiger partial charge in [0.15, 0.2) is 5.82 Å². The molecule has 1 aliphatic rings. The van der Waals surface area contributed by atoms with Gasteiger partial charge in [-0.05, 0) is 50.6 Å². The van der Waals surface area contributed by atoms with Crippen LogP contribution in [0.5, 0.6) is 0 Å². The molecule has 0 radical (unpaired) electrons. The molecular weight excluding hydrogens is 342 g/mol. The van der Waals surface area contributed by atoms with E-state index in [-0.39, 0.29) is 12.0 Å². The fraction of sp³-hybridized carbons (Fsp3) is 0.450. The van der Waals surface area contributed by atoms with Gasteiger partial charge in [-0.1, -0.05) is 12.1 Å². The number of carbonyl (C=O) groups is 1. The number of β-amino-alcohol motifs (C(OH)–C–C–N with tert-alkyl or cyclic N) is 1. The number of anilines is 1. The highest BCUT2D eigenvalue weighted by molar-refractivity contribution is 5.94. The van der Waals surface area contributed by atoms with E-state index in [1.165, 1.54) is 0 Å². The van der Waals surface area contributed by atoms with Crippen LogP contribution in [0.2, 0.25) is 0 Å². The summed E-state index contributed by atoms with van der Waals surface area (Å²) in [5.74, 6) is 1.30. The molecule has 7 heteroatoms. The van der Waals surface area contributed by atoms with Crippen LogP contribution in [0.3, 0.4) is 0 Å². The standard InChI is InChI=1S/C20H27N5O2/c1-21-18-9-11-22-19(24-18)15-5-7-16(8-6-15)20(27)23-10-3-13-25-12-2-4-17(26)14-25/h5-9,11,17,26H,2-4,10,12-14H2,1H3,(H,23,27)(H,21,22,24). The second kappa shape index (κ2) is 9.43. The number of aliphatic hydroxyl groups excluding tert-OH is 1. The highest BCUT2D eigenvalue weighted by Crippen LogP contribution is 2.17. The van der Waals surface area contributed by atoms with Crippen LogP contribution in [0.15, 0.2) is 36.5 Å². The molecule has 2 heterocycles. The second-order valence-corrected chi connectivity index (χ2v) is 6.80. The molecule has 1 unspecified atom stereocenters. The normalized spacial score (nSPS) is 17.5.